The smallest absolute Gasteiger partial charge is 0.276 e. The van der Waals surface area contributed by atoms with E-state index < -0.39 is 0 Å². The monoisotopic (exact) mass is 292 g/mol. The topological polar surface area (TPSA) is 60.3 Å². The van der Waals surface area contributed by atoms with Gasteiger partial charge >= 0.3 is 0 Å². The molecule has 0 saturated carbocycles. The van der Waals surface area contributed by atoms with E-state index in [2.05, 4.69) is 10.3 Å². The average molecular weight is 292 g/mol. The predicted octanol–water partition coefficient (Wildman–Crippen LogP) is 1.86. The van der Waals surface area contributed by atoms with Crippen LogP contribution in [0.5, 0.6) is 0 Å². The molecular formula is C15H24N4O2. The van der Waals surface area contributed by atoms with Crippen LogP contribution >= 0.6 is 0 Å². The number of nitrogens with zero attached hydrogens (tertiary/aromatic N) is 4. The summed E-state index contributed by atoms with van der Waals surface area (Å²) in [6, 6.07) is 0. The SMILES string of the molecule is O=C(c1cn(C[C@H]2CCCO2)nn1)N1CCCCCCC1. The number of rotatable bonds is 3. The molecule has 3 heterocycles. The van der Waals surface area contributed by atoms with Crippen LogP contribution < -0.4 is 0 Å². The second-order valence-corrected chi connectivity index (χ2v) is 6.02. The number of hydrogen-bond acceptors (Lipinski definition) is 4. The zero-order chi connectivity index (χ0) is 14.5. The summed E-state index contributed by atoms with van der Waals surface area (Å²) < 4.78 is 7.33. The highest BCUT2D eigenvalue weighted by Crippen LogP contribution is 2.15. The van der Waals surface area contributed by atoms with Gasteiger partial charge in [-0.3, -0.25) is 4.79 Å². The van der Waals surface area contributed by atoms with E-state index in [-0.39, 0.29) is 12.0 Å². The van der Waals surface area contributed by atoms with E-state index in [9.17, 15) is 4.79 Å². The fraction of sp³-hybridized carbons (Fsp3) is 0.800. The molecule has 21 heavy (non-hydrogen) atoms. The van der Waals surface area contributed by atoms with Gasteiger partial charge in [-0.1, -0.05) is 24.5 Å². The van der Waals surface area contributed by atoms with Crippen LogP contribution in [-0.2, 0) is 11.3 Å². The van der Waals surface area contributed by atoms with E-state index in [1.165, 1.54) is 19.3 Å². The van der Waals surface area contributed by atoms with Crippen molar-refractivity contribution < 1.29 is 9.53 Å². The molecule has 1 aromatic heterocycles. The molecule has 2 fully saturated rings. The maximum Gasteiger partial charge on any atom is 0.276 e. The largest absolute Gasteiger partial charge is 0.376 e. The lowest BCUT2D eigenvalue weighted by Crippen LogP contribution is -2.34. The molecule has 116 valence electrons. The fourth-order valence-corrected chi connectivity index (χ4v) is 3.10. The summed E-state index contributed by atoms with van der Waals surface area (Å²) in [4.78, 5) is 14.4. The van der Waals surface area contributed by atoms with Crippen molar-refractivity contribution in [2.45, 2.75) is 57.6 Å². The third-order valence-electron chi connectivity index (χ3n) is 4.32. The Morgan fingerprint density at radius 1 is 1.19 bits per heavy atom. The van der Waals surface area contributed by atoms with Gasteiger partial charge in [-0.15, -0.1) is 5.10 Å². The molecule has 0 spiro atoms. The van der Waals surface area contributed by atoms with Gasteiger partial charge in [0, 0.05) is 19.7 Å². The minimum Gasteiger partial charge on any atom is -0.376 e. The number of likely N-dealkylation sites (tertiary alicyclic amines) is 1. The number of hydrogen-bond donors (Lipinski definition) is 0. The first-order valence-corrected chi connectivity index (χ1v) is 8.14. The van der Waals surface area contributed by atoms with Crippen molar-refractivity contribution >= 4 is 5.91 Å². The zero-order valence-corrected chi connectivity index (χ0v) is 12.5. The lowest BCUT2D eigenvalue weighted by Gasteiger charge is -2.23. The summed E-state index contributed by atoms with van der Waals surface area (Å²) in [5.41, 5.74) is 0.466. The van der Waals surface area contributed by atoms with E-state index in [4.69, 9.17) is 4.74 Å². The van der Waals surface area contributed by atoms with Gasteiger partial charge in [-0.05, 0) is 25.7 Å². The van der Waals surface area contributed by atoms with Crippen molar-refractivity contribution in [2.24, 2.45) is 0 Å². The maximum atomic E-state index is 12.5. The molecule has 6 nitrogen and oxygen atoms in total. The highest BCUT2D eigenvalue weighted by molar-refractivity contribution is 5.91. The summed E-state index contributed by atoms with van der Waals surface area (Å²) in [6.45, 7) is 3.22. The molecule has 2 aliphatic heterocycles. The molecule has 1 atom stereocenters. The van der Waals surface area contributed by atoms with E-state index in [1.807, 2.05) is 4.90 Å². The lowest BCUT2D eigenvalue weighted by molar-refractivity contribution is 0.0736. The van der Waals surface area contributed by atoms with Crippen LogP contribution in [0.4, 0.5) is 0 Å². The second-order valence-electron chi connectivity index (χ2n) is 6.02. The molecule has 0 aliphatic carbocycles. The van der Waals surface area contributed by atoms with Crippen LogP contribution in [0.15, 0.2) is 6.20 Å². The van der Waals surface area contributed by atoms with Gasteiger partial charge in [0.25, 0.3) is 5.91 Å². The van der Waals surface area contributed by atoms with Crippen molar-refractivity contribution in [1.29, 1.82) is 0 Å². The first-order chi connectivity index (χ1) is 10.3. The third kappa shape index (κ3) is 3.81. The van der Waals surface area contributed by atoms with Crippen LogP contribution in [0.1, 0.15) is 55.4 Å². The van der Waals surface area contributed by atoms with Crippen LogP contribution in [0.25, 0.3) is 0 Å². The van der Waals surface area contributed by atoms with Crippen molar-refractivity contribution in [3.05, 3.63) is 11.9 Å². The summed E-state index contributed by atoms with van der Waals surface area (Å²) >= 11 is 0. The summed E-state index contributed by atoms with van der Waals surface area (Å²) in [5, 5.41) is 8.13. The lowest BCUT2D eigenvalue weighted by atomic mass is 10.1. The Balaban J connectivity index is 1.59. The quantitative estimate of drug-likeness (QED) is 0.853. The van der Waals surface area contributed by atoms with Crippen molar-refractivity contribution in [2.75, 3.05) is 19.7 Å². The number of carbonyl (C=O) groups is 1. The second kappa shape index (κ2) is 7.02. The molecule has 0 radical (unpaired) electrons. The van der Waals surface area contributed by atoms with Gasteiger partial charge in [0.05, 0.1) is 18.8 Å². The van der Waals surface area contributed by atoms with Gasteiger partial charge < -0.3 is 9.64 Å². The number of ether oxygens (including phenoxy) is 1. The zero-order valence-electron chi connectivity index (χ0n) is 12.5. The molecule has 0 N–H and O–H groups in total. The van der Waals surface area contributed by atoms with Gasteiger partial charge in [-0.2, -0.15) is 0 Å². The Kier molecular flexibility index (Phi) is 4.85. The number of aromatic nitrogens is 3. The van der Waals surface area contributed by atoms with E-state index in [0.717, 1.165) is 45.4 Å². The summed E-state index contributed by atoms with van der Waals surface area (Å²) in [6.07, 6.45) is 10.1. The van der Waals surface area contributed by atoms with Crippen LogP contribution in [0.2, 0.25) is 0 Å². The molecule has 3 rings (SSSR count). The van der Waals surface area contributed by atoms with Gasteiger partial charge in [0.1, 0.15) is 0 Å². The standard InChI is InChI=1S/C15H24N4O2/c20-15(18-8-4-2-1-3-5-9-18)14-12-19(17-16-14)11-13-7-6-10-21-13/h12-13H,1-11H2/t13-/m1/s1. The van der Waals surface area contributed by atoms with Gasteiger partial charge in [-0.25, -0.2) is 4.68 Å². The molecule has 1 amide bonds. The van der Waals surface area contributed by atoms with Crippen LogP contribution in [-0.4, -0.2) is 51.6 Å². The first kappa shape index (κ1) is 14.5. The van der Waals surface area contributed by atoms with E-state index in [0.29, 0.717) is 12.2 Å². The highest BCUT2D eigenvalue weighted by Gasteiger charge is 2.21. The van der Waals surface area contributed by atoms with E-state index in [1.54, 1.807) is 10.9 Å². The number of carbonyl (C=O) groups excluding carboxylic acids is 1. The molecule has 2 aliphatic rings. The minimum absolute atomic E-state index is 0.0236. The van der Waals surface area contributed by atoms with Crippen molar-refractivity contribution in [3.63, 3.8) is 0 Å². The summed E-state index contributed by atoms with van der Waals surface area (Å²) in [5.74, 6) is 0.0236. The Morgan fingerprint density at radius 3 is 2.67 bits per heavy atom. The number of amides is 1. The molecule has 6 heteroatoms. The molecule has 1 aromatic rings. The Morgan fingerprint density at radius 2 is 1.95 bits per heavy atom. The Bertz CT molecular complexity index is 460. The molecule has 0 aromatic carbocycles. The molecule has 0 bridgehead atoms. The molecule has 0 unspecified atom stereocenters. The predicted molar refractivity (Wildman–Crippen MR) is 78.0 cm³/mol. The van der Waals surface area contributed by atoms with Crippen molar-refractivity contribution in [1.82, 2.24) is 19.9 Å². The average Bonchev–Trinajstić information content (AvgIpc) is 3.10. The summed E-state index contributed by atoms with van der Waals surface area (Å²) in [7, 11) is 0. The third-order valence-corrected chi connectivity index (χ3v) is 4.32. The first-order valence-electron chi connectivity index (χ1n) is 8.14. The van der Waals surface area contributed by atoms with E-state index >= 15 is 0 Å². The highest BCUT2D eigenvalue weighted by atomic mass is 16.5. The van der Waals surface area contributed by atoms with Crippen LogP contribution in [0, 0.1) is 0 Å². The maximum absolute atomic E-state index is 12.5. The fourth-order valence-electron chi connectivity index (χ4n) is 3.10. The minimum atomic E-state index is 0.0236. The van der Waals surface area contributed by atoms with Crippen LogP contribution in [0.3, 0.4) is 0 Å². The Hall–Kier alpha value is -1.43. The van der Waals surface area contributed by atoms with Gasteiger partial charge in [0.2, 0.25) is 0 Å². The van der Waals surface area contributed by atoms with Gasteiger partial charge in [0.15, 0.2) is 5.69 Å². The Labute approximate surface area is 125 Å². The normalized spacial score (nSPS) is 23.8. The molecule has 2 saturated heterocycles. The van der Waals surface area contributed by atoms with Crippen molar-refractivity contribution in [3.8, 4) is 0 Å². The molecular weight excluding hydrogens is 268 g/mol.